The molecule has 0 saturated heterocycles. The number of hydrogen-bond acceptors (Lipinski definition) is 6. The van der Waals surface area contributed by atoms with Crippen molar-refractivity contribution >= 4 is 32.7 Å². The summed E-state index contributed by atoms with van der Waals surface area (Å²) in [5.41, 5.74) is 6.79. The monoisotopic (exact) mass is 536 g/mol. The number of carbonyl (C=O) groups excluding carboxylic acids is 1. The van der Waals surface area contributed by atoms with E-state index in [0.717, 1.165) is 23.9 Å². The van der Waals surface area contributed by atoms with E-state index in [2.05, 4.69) is 28.5 Å². The fourth-order valence-corrected chi connectivity index (χ4v) is 5.23. The number of sulfonamides is 1. The molecule has 9 nitrogen and oxygen atoms in total. The van der Waals surface area contributed by atoms with Crippen molar-refractivity contribution in [3.05, 3.63) is 90.6 Å². The first-order valence-corrected chi connectivity index (χ1v) is 13.7. The van der Waals surface area contributed by atoms with Gasteiger partial charge in [-0.3, -0.25) is 4.72 Å². The molecule has 0 radical (unpaired) electrons. The Balaban J connectivity index is 1.34. The number of nitrogens with one attached hydrogen (secondary N) is 2. The number of aliphatic hydroxyl groups excluding tert-OH is 1. The summed E-state index contributed by atoms with van der Waals surface area (Å²) >= 11 is 0. The van der Waals surface area contributed by atoms with Gasteiger partial charge in [0, 0.05) is 41.4 Å². The lowest BCUT2D eigenvalue weighted by atomic mass is 9.99. The number of carbonyl (C=O) groups is 1. The number of anilines is 1. The molecule has 1 aromatic heterocycles. The van der Waals surface area contributed by atoms with E-state index in [4.69, 9.17) is 10.5 Å². The largest absolute Gasteiger partial charge is 0.410 e. The number of nitrogens with zero attached hydrogens (tertiary/aromatic N) is 1. The van der Waals surface area contributed by atoms with Crippen LogP contribution in [-0.2, 0) is 16.6 Å². The Morgan fingerprint density at radius 2 is 1.82 bits per heavy atom. The smallest absolute Gasteiger partial charge is 0.409 e. The summed E-state index contributed by atoms with van der Waals surface area (Å²) in [4.78, 5) is 11.2. The maximum Gasteiger partial charge on any atom is 0.409 e. The molecule has 38 heavy (non-hydrogen) atoms. The Kier molecular flexibility index (Phi) is 8.05. The third-order valence-electron chi connectivity index (χ3n) is 6.29. The Labute approximate surface area is 222 Å². The number of hydrogen-bond donors (Lipinski definition) is 4. The Morgan fingerprint density at radius 3 is 2.55 bits per heavy atom. The van der Waals surface area contributed by atoms with E-state index >= 15 is 0 Å². The lowest BCUT2D eigenvalue weighted by Crippen LogP contribution is -2.42. The van der Waals surface area contributed by atoms with E-state index in [-0.39, 0.29) is 10.4 Å². The molecule has 1 amide bonds. The molecule has 1 atom stereocenters. The van der Waals surface area contributed by atoms with Crippen LogP contribution in [0.5, 0.6) is 5.75 Å². The van der Waals surface area contributed by atoms with Gasteiger partial charge in [-0.25, -0.2) is 13.2 Å². The van der Waals surface area contributed by atoms with Crippen molar-refractivity contribution in [1.82, 2.24) is 9.88 Å². The number of aliphatic hydroxyl groups is 1. The van der Waals surface area contributed by atoms with Crippen LogP contribution in [0.2, 0.25) is 0 Å². The van der Waals surface area contributed by atoms with Gasteiger partial charge in [-0.05, 0) is 74.4 Å². The van der Waals surface area contributed by atoms with E-state index < -0.39 is 22.2 Å². The quantitative estimate of drug-likeness (QED) is 0.224. The molecule has 5 N–H and O–H groups in total. The van der Waals surface area contributed by atoms with Gasteiger partial charge in [0.2, 0.25) is 0 Å². The standard InChI is InChI=1S/C28H32N4O5S/c1-28(2,14-16-32-15-13-20-18-23(37-27(29)34)11-12-25(20)32)30-19-26(33)21-7-6-8-22(17-21)31-38(35,36)24-9-4-3-5-10-24/h3-13,15,17-18,26,30-31,33H,14,16,19H2,1-2H3,(H2,29,34)/t26-/m0/s1. The minimum atomic E-state index is -3.72. The molecule has 0 bridgehead atoms. The summed E-state index contributed by atoms with van der Waals surface area (Å²) in [6.07, 6.45) is 1.08. The van der Waals surface area contributed by atoms with Gasteiger partial charge in [-0.2, -0.15) is 0 Å². The third-order valence-corrected chi connectivity index (χ3v) is 7.69. The average Bonchev–Trinajstić information content (AvgIpc) is 3.28. The zero-order chi connectivity index (χ0) is 27.3. The van der Waals surface area contributed by atoms with Crippen LogP contribution in [0.15, 0.2) is 90.0 Å². The summed E-state index contributed by atoms with van der Waals surface area (Å²) in [5, 5.41) is 15.2. The van der Waals surface area contributed by atoms with E-state index in [0.29, 0.717) is 23.5 Å². The number of benzene rings is 3. The van der Waals surface area contributed by atoms with Gasteiger partial charge in [0.1, 0.15) is 5.75 Å². The summed E-state index contributed by atoms with van der Waals surface area (Å²) < 4.78 is 34.9. The number of nitrogens with two attached hydrogens (primary N) is 1. The summed E-state index contributed by atoms with van der Waals surface area (Å²) in [7, 11) is -3.72. The zero-order valence-electron chi connectivity index (χ0n) is 21.3. The highest BCUT2D eigenvalue weighted by Crippen LogP contribution is 2.24. The van der Waals surface area contributed by atoms with Crippen LogP contribution in [0.25, 0.3) is 10.9 Å². The van der Waals surface area contributed by atoms with Gasteiger partial charge in [0.05, 0.1) is 11.0 Å². The zero-order valence-corrected chi connectivity index (χ0v) is 22.1. The Hall–Kier alpha value is -3.86. The maximum atomic E-state index is 12.6. The van der Waals surface area contributed by atoms with Crippen LogP contribution in [0.1, 0.15) is 31.9 Å². The second kappa shape index (κ2) is 11.3. The second-order valence-electron chi connectivity index (χ2n) is 9.73. The van der Waals surface area contributed by atoms with Crippen LogP contribution in [0.4, 0.5) is 10.5 Å². The fraction of sp³-hybridized carbons (Fsp3) is 0.250. The number of fused-ring (bicyclic) bond motifs is 1. The second-order valence-corrected chi connectivity index (χ2v) is 11.4. The number of ether oxygens (including phenoxy) is 1. The van der Waals surface area contributed by atoms with Crippen molar-refractivity contribution < 1.29 is 23.1 Å². The molecule has 0 aliphatic carbocycles. The lowest BCUT2D eigenvalue weighted by Gasteiger charge is -2.28. The molecular formula is C28H32N4O5S. The first kappa shape index (κ1) is 27.2. The number of amides is 1. The van der Waals surface area contributed by atoms with Crippen molar-refractivity contribution in [1.29, 1.82) is 0 Å². The van der Waals surface area contributed by atoms with Gasteiger partial charge in [-0.15, -0.1) is 0 Å². The number of primary amides is 1. The molecule has 200 valence electrons. The van der Waals surface area contributed by atoms with Crippen LogP contribution in [0.3, 0.4) is 0 Å². The Bertz CT molecular complexity index is 1520. The molecule has 4 aromatic rings. The molecule has 0 fully saturated rings. The highest BCUT2D eigenvalue weighted by Gasteiger charge is 2.20. The van der Waals surface area contributed by atoms with Crippen LogP contribution < -0.4 is 20.5 Å². The molecule has 1 heterocycles. The highest BCUT2D eigenvalue weighted by molar-refractivity contribution is 7.92. The van der Waals surface area contributed by atoms with E-state index in [1.54, 1.807) is 54.6 Å². The molecule has 0 aliphatic heterocycles. The summed E-state index contributed by atoms with van der Waals surface area (Å²) in [5.74, 6) is 0.399. The molecule has 4 rings (SSSR count). The SMILES string of the molecule is CC(C)(CCn1ccc2cc(OC(N)=O)ccc21)NC[C@H](O)c1cccc(NS(=O)(=O)c2ccccc2)c1. The molecule has 3 aromatic carbocycles. The third kappa shape index (κ3) is 6.91. The number of aromatic nitrogens is 1. The van der Waals surface area contributed by atoms with Gasteiger partial charge in [0.25, 0.3) is 10.0 Å². The van der Waals surface area contributed by atoms with Gasteiger partial charge in [0.15, 0.2) is 0 Å². The molecule has 0 spiro atoms. The van der Waals surface area contributed by atoms with Gasteiger partial charge < -0.3 is 25.5 Å². The molecular weight excluding hydrogens is 504 g/mol. The minimum absolute atomic E-state index is 0.171. The van der Waals surface area contributed by atoms with E-state index in [1.807, 2.05) is 18.3 Å². The average molecular weight is 537 g/mol. The van der Waals surface area contributed by atoms with E-state index in [1.165, 1.54) is 12.1 Å². The lowest BCUT2D eigenvalue weighted by molar-refractivity contribution is 0.158. The first-order chi connectivity index (χ1) is 18.0. The summed E-state index contributed by atoms with van der Waals surface area (Å²) in [6.45, 7) is 5.15. The van der Waals surface area contributed by atoms with Crippen molar-refractivity contribution in [3.63, 3.8) is 0 Å². The van der Waals surface area contributed by atoms with Crippen molar-refractivity contribution in [2.75, 3.05) is 11.3 Å². The topological polar surface area (TPSA) is 136 Å². The molecule has 0 saturated carbocycles. The number of rotatable bonds is 11. The van der Waals surface area contributed by atoms with Gasteiger partial charge >= 0.3 is 6.09 Å². The normalized spacial score (nSPS) is 12.8. The van der Waals surface area contributed by atoms with E-state index in [9.17, 15) is 18.3 Å². The highest BCUT2D eigenvalue weighted by atomic mass is 32.2. The molecule has 0 unspecified atom stereocenters. The van der Waals surface area contributed by atoms with Crippen molar-refractivity contribution in [3.8, 4) is 5.75 Å². The maximum absolute atomic E-state index is 12.6. The van der Waals surface area contributed by atoms with Crippen molar-refractivity contribution in [2.24, 2.45) is 5.73 Å². The Morgan fingerprint density at radius 1 is 1.05 bits per heavy atom. The van der Waals surface area contributed by atoms with Crippen LogP contribution >= 0.6 is 0 Å². The first-order valence-electron chi connectivity index (χ1n) is 12.2. The van der Waals surface area contributed by atoms with Crippen LogP contribution in [-0.4, -0.2) is 36.3 Å². The molecule has 0 aliphatic rings. The molecule has 10 heteroatoms. The van der Waals surface area contributed by atoms with Crippen LogP contribution in [0, 0.1) is 0 Å². The van der Waals surface area contributed by atoms with Gasteiger partial charge in [-0.1, -0.05) is 30.3 Å². The fourth-order valence-electron chi connectivity index (χ4n) is 4.16. The summed E-state index contributed by atoms with van der Waals surface area (Å²) in [6, 6.07) is 22.2. The predicted octanol–water partition coefficient (Wildman–Crippen LogP) is 4.39. The number of β-amino-alcohol motifs (C(OH)–C–C–N with tert-alkyl or cyclic N) is 1. The minimum Gasteiger partial charge on any atom is -0.410 e. The van der Waals surface area contributed by atoms with Crippen molar-refractivity contribution in [2.45, 2.75) is 43.4 Å². The predicted molar refractivity (Wildman–Crippen MR) is 148 cm³/mol. The number of aryl methyl sites for hydroxylation is 1.